The summed E-state index contributed by atoms with van der Waals surface area (Å²) in [5.41, 5.74) is 3.56. The molecule has 6 rings (SSSR count). The molecule has 1 atom stereocenters. The molecule has 7 nitrogen and oxygen atoms in total. The molecule has 1 aromatic heterocycles. The number of nitrogens with one attached hydrogen (secondary N) is 2. The molecule has 208 valence electrons. The zero-order chi connectivity index (χ0) is 28.9. The van der Waals surface area contributed by atoms with E-state index < -0.39 is 11.6 Å². The fraction of sp³-hybridized carbons (Fsp3) is 0.226. The van der Waals surface area contributed by atoms with Crippen molar-refractivity contribution >= 4 is 40.5 Å². The van der Waals surface area contributed by atoms with Crippen molar-refractivity contribution in [3.63, 3.8) is 0 Å². The molecule has 1 saturated heterocycles. The molecule has 41 heavy (non-hydrogen) atoms. The van der Waals surface area contributed by atoms with Crippen molar-refractivity contribution in [2.24, 2.45) is 4.99 Å². The van der Waals surface area contributed by atoms with Crippen molar-refractivity contribution in [1.29, 1.82) is 0 Å². The minimum atomic E-state index is -0.713. The van der Waals surface area contributed by atoms with Crippen molar-refractivity contribution < 1.29 is 13.6 Å². The van der Waals surface area contributed by atoms with Crippen molar-refractivity contribution in [2.45, 2.75) is 38.9 Å². The van der Waals surface area contributed by atoms with Crippen LogP contribution in [-0.2, 0) is 11.3 Å². The average molecular weight is 573 g/mol. The van der Waals surface area contributed by atoms with Crippen molar-refractivity contribution in [1.82, 2.24) is 15.3 Å². The second kappa shape index (κ2) is 10.3. The number of halogens is 3. The van der Waals surface area contributed by atoms with Crippen LogP contribution in [0, 0.1) is 11.6 Å². The van der Waals surface area contributed by atoms with Gasteiger partial charge in [0, 0.05) is 51.4 Å². The first kappa shape index (κ1) is 27.0. The number of hydrogen-bond donors (Lipinski definition) is 2. The van der Waals surface area contributed by atoms with Crippen LogP contribution in [0.4, 0.5) is 26.1 Å². The van der Waals surface area contributed by atoms with Gasteiger partial charge in [-0.15, -0.1) is 0 Å². The summed E-state index contributed by atoms with van der Waals surface area (Å²) < 4.78 is 29.7. The number of fused-ring (bicyclic) bond motifs is 3. The van der Waals surface area contributed by atoms with Crippen LogP contribution in [0.1, 0.15) is 37.5 Å². The van der Waals surface area contributed by atoms with E-state index >= 15 is 0 Å². The lowest BCUT2D eigenvalue weighted by molar-refractivity contribution is -0.122. The fourth-order valence-electron chi connectivity index (χ4n) is 5.42. The predicted molar refractivity (Wildman–Crippen MR) is 157 cm³/mol. The first-order chi connectivity index (χ1) is 19.6. The number of hydrogen-bond acceptors (Lipinski definition) is 6. The molecule has 3 heterocycles. The summed E-state index contributed by atoms with van der Waals surface area (Å²) in [6.45, 7) is 6.64. The van der Waals surface area contributed by atoms with Gasteiger partial charge < -0.3 is 10.2 Å². The van der Waals surface area contributed by atoms with Gasteiger partial charge in [-0.3, -0.25) is 15.1 Å². The Balaban J connectivity index is 1.36. The lowest BCUT2D eigenvalue weighted by Gasteiger charge is -2.42. The molecule has 0 bridgehead atoms. The summed E-state index contributed by atoms with van der Waals surface area (Å²) in [5.74, 6) is -1.10. The van der Waals surface area contributed by atoms with Crippen LogP contribution in [0.5, 0.6) is 0 Å². The summed E-state index contributed by atoms with van der Waals surface area (Å²) in [7, 11) is 0. The van der Waals surface area contributed by atoms with E-state index in [4.69, 9.17) is 16.6 Å². The largest absolute Gasteiger partial charge is 0.324 e. The minimum absolute atomic E-state index is 0.000109. The van der Waals surface area contributed by atoms with Crippen LogP contribution in [0.15, 0.2) is 71.9 Å². The lowest BCUT2D eigenvalue weighted by atomic mass is 9.95. The highest BCUT2D eigenvalue weighted by atomic mass is 35.5. The Morgan fingerprint density at radius 3 is 2.59 bits per heavy atom. The highest BCUT2D eigenvalue weighted by Crippen LogP contribution is 2.35. The Morgan fingerprint density at radius 1 is 1.05 bits per heavy atom. The van der Waals surface area contributed by atoms with Gasteiger partial charge in [0.1, 0.15) is 11.6 Å². The van der Waals surface area contributed by atoms with Gasteiger partial charge in [-0.25, -0.2) is 18.7 Å². The molecule has 3 aromatic carbocycles. The number of nitrogens with zero attached hydrogens (tertiary/aromatic N) is 4. The molecule has 10 heteroatoms. The Morgan fingerprint density at radius 2 is 1.80 bits per heavy atom. The third-order valence-electron chi connectivity index (χ3n) is 7.17. The van der Waals surface area contributed by atoms with E-state index in [0.29, 0.717) is 45.6 Å². The number of rotatable bonds is 4. The Kier molecular flexibility index (Phi) is 6.79. The molecular weight excluding hydrogens is 546 g/mol. The number of aromatic nitrogens is 2. The molecule has 1 unspecified atom stereocenters. The first-order valence-corrected chi connectivity index (χ1v) is 13.6. The Bertz CT molecular complexity index is 1700. The number of anilines is 3. The monoisotopic (exact) mass is 572 g/mol. The highest BCUT2D eigenvalue weighted by Gasteiger charge is 2.36. The number of carbonyl (C=O) groups excluding carboxylic acids is 1. The molecule has 0 spiro atoms. The highest BCUT2D eigenvalue weighted by molar-refractivity contribution is 6.31. The molecule has 4 aromatic rings. The van der Waals surface area contributed by atoms with Crippen molar-refractivity contribution in [3.05, 3.63) is 100 Å². The number of benzene rings is 3. The van der Waals surface area contributed by atoms with Crippen LogP contribution < -0.4 is 15.5 Å². The van der Waals surface area contributed by atoms with Crippen LogP contribution in [0.25, 0.3) is 11.3 Å². The third-order valence-corrected chi connectivity index (χ3v) is 7.41. The molecule has 0 radical (unpaired) electrons. The second-order valence-electron chi connectivity index (χ2n) is 10.9. The van der Waals surface area contributed by atoms with Gasteiger partial charge in [-0.2, -0.15) is 0 Å². The van der Waals surface area contributed by atoms with Gasteiger partial charge in [0.25, 0.3) is 0 Å². The van der Waals surface area contributed by atoms with Gasteiger partial charge in [0.2, 0.25) is 11.9 Å². The lowest BCUT2D eigenvalue weighted by Crippen LogP contribution is -2.64. The Labute approximate surface area is 241 Å². The first-order valence-electron chi connectivity index (χ1n) is 13.2. The number of piperazine rings is 1. The number of aliphatic imine (C=N–C) groups is 1. The van der Waals surface area contributed by atoms with E-state index in [0.717, 1.165) is 5.69 Å². The SMILES string of the molecule is CC1NC(C)(C)CN(c2cccc(Nc3ncc4c(n3)-c3ccc(Cl)cc3C(c3c(F)cccc3F)=NC4)c2)C1=O. The van der Waals surface area contributed by atoms with Crippen LogP contribution in [-0.4, -0.2) is 39.7 Å². The smallest absolute Gasteiger partial charge is 0.243 e. The molecule has 1 fully saturated rings. The minimum Gasteiger partial charge on any atom is -0.324 e. The maximum absolute atomic E-state index is 14.8. The quantitative estimate of drug-likeness (QED) is 0.301. The van der Waals surface area contributed by atoms with Crippen LogP contribution in [0.3, 0.4) is 0 Å². The average Bonchev–Trinajstić information content (AvgIpc) is 3.07. The molecule has 1 amide bonds. The topological polar surface area (TPSA) is 82.5 Å². The standard InChI is InChI=1S/C31H27ClF2N6O/c1-17-29(41)40(16-31(2,3)39-17)21-7-4-6-20(13-21)37-30-36-15-18-14-35-28(26-24(33)8-5-9-25(26)34)23-12-19(32)10-11-22(23)27(18)38-30/h4-13,15,17,39H,14,16H2,1-3H3,(H,36,37,38). The third kappa shape index (κ3) is 5.18. The summed E-state index contributed by atoms with van der Waals surface area (Å²) >= 11 is 6.32. The van der Waals surface area contributed by atoms with Gasteiger partial charge in [0.15, 0.2) is 0 Å². The molecule has 2 N–H and O–H groups in total. The zero-order valence-corrected chi connectivity index (χ0v) is 23.4. The van der Waals surface area contributed by atoms with E-state index in [2.05, 4.69) is 34.5 Å². The summed E-state index contributed by atoms with van der Waals surface area (Å²) in [6.07, 6.45) is 1.65. The van der Waals surface area contributed by atoms with E-state index in [-0.39, 0.29) is 35.3 Å². The normalized spacial score (nSPS) is 17.8. The van der Waals surface area contributed by atoms with Crippen molar-refractivity contribution in [2.75, 3.05) is 16.8 Å². The maximum Gasteiger partial charge on any atom is 0.243 e. The van der Waals surface area contributed by atoms with Gasteiger partial charge >= 0.3 is 0 Å². The van der Waals surface area contributed by atoms with E-state index in [9.17, 15) is 13.6 Å². The van der Waals surface area contributed by atoms with Gasteiger partial charge in [-0.05, 0) is 63.2 Å². The number of amides is 1. The maximum atomic E-state index is 14.8. The summed E-state index contributed by atoms with van der Waals surface area (Å²) in [6, 6.07) is 16.1. The van der Waals surface area contributed by atoms with E-state index in [1.807, 2.05) is 31.2 Å². The van der Waals surface area contributed by atoms with Gasteiger partial charge in [-0.1, -0.05) is 29.8 Å². The molecule has 2 aliphatic heterocycles. The second-order valence-corrected chi connectivity index (χ2v) is 11.3. The number of carbonyl (C=O) groups is 1. The molecular formula is C31H27ClF2N6O. The summed E-state index contributed by atoms with van der Waals surface area (Å²) in [5, 5.41) is 6.99. The summed E-state index contributed by atoms with van der Waals surface area (Å²) in [4.78, 5) is 28.6. The van der Waals surface area contributed by atoms with Crippen LogP contribution in [0.2, 0.25) is 5.02 Å². The van der Waals surface area contributed by atoms with Crippen LogP contribution >= 0.6 is 11.6 Å². The molecule has 0 aliphatic carbocycles. The van der Waals surface area contributed by atoms with Crippen molar-refractivity contribution in [3.8, 4) is 11.3 Å². The molecule has 0 saturated carbocycles. The molecule has 2 aliphatic rings. The van der Waals surface area contributed by atoms with Gasteiger partial charge in [0.05, 0.1) is 29.6 Å². The van der Waals surface area contributed by atoms with E-state index in [1.165, 1.54) is 18.2 Å². The Hall–Kier alpha value is -4.21. The predicted octanol–water partition coefficient (Wildman–Crippen LogP) is 6.27. The zero-order valence-electron chi connectivity index (χ0n) is 22.7. The van der Waals surface area contributed by atoms with E-state index in [1.54, 1.807) is 29.3 Å². The fourth-order valence-corrected chi connectivity index (χ4v) is 5.59.